The van der Waals surface area contributed by atoms with Gasteiger partial charge in [-0.1, -0.05) is 45.9 Å². The fourth-order valence-corrected chi connectivity index (χ4v) is 5.42. The molecule has 0 aromatic heterocycles. The molecule has 32 heavy (non-hydrogen) atoms. The van der Waals surface area contributed by atoms with E-state index in [0.29, 0.717) is 5.70 Å². The molecule has 0 spiro atoms. The first kappa shape index (κ1) is 22.7. The van der Waals surface area contributed by atoms with Gasteiger partial charge in [0.2, 0.25) is 5.12 Å². The Labute approximate surface area is 195 Å². The second-order valence-corrected chi connectivity index (χ2v) is 11.4. The Bertz CT molecular complexity index is 1140. The van der Waals surface area contributed by atoms with Gasteiger partial charge in [0, 0.05) is 31.5 Å². The number of fused-ring (bicyclic) bond motifs is 1. The van der Waals surface area contributed by atoms with Crippen LogP contribution >= 0.6 is 11.8 Å². The summed E-state index contributed by atoms with van der Waals surface area (Å²) >= 11 is 0.776. The van der Waals surface area contributed by atoms with Crippen LogP contribution in [0.5, 0.6) is 0 Å². The van der Waals surface area contributed by atoms with Gasteiger partial charge in [-0.2, -0.15) is 0 Å². The zero-order valence-electron chi connectivity index (χ0n) is 20.1. The lowest BCUT2D eigenvalue weighted by molar-refractivity contribution is -0.107. The molecule has 0 bridgehead atoms. The van der Waals surface area contributed by atoms with Crippen molar-refractivity contribution in [2.24, 2.45) is 0 Å². The van der Waals surface area contributed by atoms with Crippen LogP contribution in [0.3, 0.4) is 0 Å². The minimum absolute atomic E-state index is 0.0249. The fourth-order valence-electron chi connectivity index (χ4n) is 4.72. The summed E-state index contributed by atoms with van der Waals surface area (Å²) in [7, 11) is 3.97. The van der Waals surface area contributed by atoms with Gasteiger partial charge in [-0.25, -0.2) is 0 Å². The van der Waals surface area contributed by atoms with Gasteiger partial charge >= 0.3 is 0 Å². The number of hydrogen-bond acceptors (Lipinski definition) is 4. The van der Waals surface area contributed by atoms with Crippen molar-refractivity contribution in [2.45, 2.75) is 58.3 Å². The molecule has 1 saturated heterocycles. The molecule has 1 aliphatic carbocycles. The standard InChI is InChI=1S/C27H32N2O2S/c1-17-13-20-21(27(4,5)12-11-26(20,2)3)16-22(17)29-23(24(30)32-25(29)31)15-18-9-8-10-19(14-18)28(6)7/h8-10,13-16H,11-12H2,1-7H3. The van der Waals surface area contributed by atoms with Crippen LogP contribution in [0, 0.1) is 6.92 Å². The first-order valence-corrected chi connectivity index (χ1v) is 11.9. The van der Waals surface area contributed by atoms with Gasteiger partial charge < -0.3 is 4.90 Å². The maximum Gasteiger partial charge on any atom is 0.298 e. The van der Waals surface area contributed by atoms with E-state index in [-0.39, 0.29) is 21.2 Å². The summed E-state index contributed by atoms with van der Waals surface area (Å²) < 4.78 is 0. The lowest BCUT2D eigenvalue weighted by Crippen LogP contribution is -2.34. The van der Waals surface area contributed by atoms with Crippen LogP contribution < -0.4 is 9.80 Å². The minimum atomic E-state index is -0.235. The highest BCUT2D eigenvalue weighted by Crippen LogP contribution is 2.49. The predicted octanol–water partition coefficient (Wildman–Crippen LogP) is 6.65. The maximum absolute atomic E-state index is 13.0. The molecule has 4 rings (SSSR count). The number of amides is 1. The summed E-state index contributed by atoms with van der Waals surface area (Å²) in [6, 6.07) is 12.4. The highest BCUT2D eigenvalue weighted by molar-refractivity contribution is 8.27. The number of benzene rings is 2. The van der Waals surface area contributed by atoms with Gasteiger partial charge in [0.15, 0.2) is 0 Å². The molecule has 2 aromatic rings. The molecule has 0 unspecified atom stereocenters. The second-order valence-electron chi connectivity index (χ2n) is 10.5. The average molecular weight is 449 g/mol. The van der Waals surface area contributed by atoms with Gasteiger partial charge in [0.25, 0.3) is 5.24 Å². The van der Waals surface area contributed by atoms with Crippen LogP contribution in [-0.4, -0.2) is 24.4 Å². The first-order chi connectivity index (χ1) is 14.9. The third-order valence-electron chi connectivity index (χ3n) is 6.91. The van der Waals surface area contributed by atoms with Crippen molar-refractivity contribution >= 4 is 39.6 Å². The maximum atomic E-state index is 13.0. The van der Waals surface area contributed by atoms with Gasteiger partial charge in [-0.15, -0.1) is 0 Å². The third kappa shape index (κ3) is 3.88. The molecule has 4 nitrogen and oxygen atoms in total. The lowest BCUT2D eigenvalue weighted by atomic mass is 9.63. The molecule has 2 aromatic carbocycles. The fraction of sp³-hybridized carbons (Fsp3) is 0.407. The topological polar surface area (TPSA) is 40.6 Å². The number of anilines is 2. The number of aryl methyl sites for hydroxylation is 1. The number of thioether (sulfide) groups is 1. The highest BCUT2D eigenvalue weighted by atomic mass is 32.2. The summed E-state index contributed by atoms with van der Waals surface area (Å²) in [5.74, 6) is 0. The van der Waals surface area contributed by atoms with E-state index in [1.54, 1.807) is 4.90 Å². The number of carbonyl (C=O) groups excluding carboxylic acids is 2. The zero-order chi connectivity index (χ0) is 23.4. The molecule has 2 aliphatic rings. The van der Waals surface area contributed by atoms with E-state index in [2.05, 4.69) is 39.8 Å². The third-order valence-corrected chi connectivity index (χ3v) is 7.66. The molecule has 1 aliphatic heterocycles. The molecule has 0 radical (unpaired) electrons. The van der Waals surface area contributed by atoms with Gasteiger partial charge in [0.1, 0.15) is 5.70 Å². The van der Waals surface area contributed by atoms with Crippen molar-refractivity contribution < 1.29 is 9.59 Å². The first-order valence-electron chi connectivity index (χ1n) is 11.1. The molecule has 168 valence electrons. The molecule has 0 atom stereocenters. The largest absolute Gasteiger partial charge is 0.378 e. The quantitative estimate of drug-likeness (QED) is 0.493. The van der Waals surface area contributed by atoms with Crippen LogP contribution in [0.1, 0.15) is 62.8 Å². The Morgan fingerprint density at radius 1 is 0.969 bits per heavy atom. The number of rotatable bonds is 3. The van der Waals surface area contributed by atoms with Crippen molar-refractivity contribution in [3.05, 3.63) is 64.3 Å². The molecular weight excluding hydrogens is 416 g/mol. The molecule has 1 fully saturated rings. The Kier molecular flexibility index (Phi) is 5.52. The van der Waals surface area contributed by atoms with E-state index in [0.717, 1.165) is 47.1 Å². The van der Waals surface area contributed by atoms with E-state index in [1.165, 1.54) is 11.1 Å². The van der Waals surface area contributed by atoms with Crippen molar-refractivity contribution in [3.63, 3.8) is 0 Å². The Balaban J connectivity index is 1.86. The normalized spacial score (nSPS) is 20.6. The van der Waals surface area contributed by atoms with Crippen molar-refractivity contribution in [1.29, 1.82) is 0 Å². The van der Waals surface area contributed by atoms with Crippen LogP contribution in [-0.2, 0) is 15.6 Å². The van der Waals surface area contributed by atoms with Crippen LogP contribution in [0.2, 0.25) is 0 Å². The van der Waals surface area contributed by atoms with E-state index in [9.17, 15) is 9.59 Å². The van der Waals surface area contributed by atoms with E-state index < -0.39 is 0 Å². The van der Waals surface area contributed by atoms with E-state index in [4.69, 9.17) is 0 Å². The average Bonchev–Trinajstić information content (AvgIpc) is 2.98. The minimum Gasteiger partial charge on any atom is -0.378 e. The summed E-state index contributed by atoms with van der Waals surface area (Å²) in [6.07, 6.45) is 4.06. The molecule has 0 N–H and O–H groups in total. The molecule has 0 saturated carbocycles. The van der Waals surface area contributed by atoms with Crippen molar-refractivity contribution in [1.82, 2.24) is 0 Å². The lowest BCUT2D eigenvalue weighted by Gasteiger charge is -2.42. The van der Waals surface area contributed by atoms with Crippen LogP contribution in [0.25, 0.3) is 6.08 Å². The summed E-state index contributed by atoms with van der Waals surface area (Å²) in [6.45, 7) is 11.2. The number of carbonyl (C=O) groups is 2. The van der Waals surface area contributed by atoms with Crippen LogP contribution in [0.15, 0.2) is 42.1 Å². The van der Waals surface area contributed by atoms with E-state index in [1.807, 2.05) is 56.3 Å². The second kappa shape index (κ2) is 7.80. The van der Waals surface area contributed by atoms with Crippen LogP contribution in [0.4, 0.5) is 16.2 Å². The summed E-state index contributed by atoms with van der Waals surface area (Å²) in [5.41, 5.74) is 6.95. The Hall–Kier alpha value is -2.53. The summed E-state index contributed by atoms with van der Waals surface area (Å²) in [4.78, 5) is 29.5. The molecule has 1 amide bonds. The van der Waals surface area contributed by atoms with E-state index >= 15 is 0 Å². The molecular formula is C27H32N2O2S. The van der Waals surface area contributed by atoms with Gasteiger partial charge in [-0.3, -0.25) is 14.5 Å². The van der Waals surface area contributed by atoms with Crippen molar-refractivity contribution in [3.8, 4) is 0 Å². The zero-order valence-corrected chi connectivity index (χ0v) is 20.9. The summed E-state index contributed by atoms with van der Waals surface area (Å²) in [5, 5.41) is -0.442. The Morgan fingerprint density at radius 2 is 1.59 bits per heavy atom. The van der Waals surface area contributed by atoms with Crippen molar-refractivity contribution in [2.75, 3.05) is 23.9 Å². The molecule has 1 heterocycles. The predicted molar refractivity (Wildman–Crippen MR) is 136 cm³/mol. The smallest absolute Gasteiger partial charge is 0.298 e. The number of nitrogens with zero attached hydrogens (tertiary/aromatic N) is 2. The number of hydrogen-bond donors (Lipinski definition) is 0. The monoisotopic (exact) mass is 448 g/mol. The van der Waals surface area contributed by atoms with Gasteiger partial charge in [-0.05, 0) is 77.1 Å². The Morgan fingerprint density at radius 3 is 2.22 bits per heavy atom. The molecule has 5 heteroatoms. The van der Waals surface area contributed by atoms with Gasteiger partial charge in [0.05, 0.1) is 5.69 Å². The SMILES string of the molecule is Cc1cc2c(cc1N1C(=O)SC(=O)C1=Cc1cccc(N(C)C)c1)C(C)(C)CCC2(C)C. The highest BCUT2D eigenvalue weighted by Gasteiger charge is 2.41.